The van der Waals surface area contributed by atoms with E-state index in [2.05, 4.69) is 11.9 Å². The summed E-state index contributed by atoms with van der Waals surface area (Å²) in [5, 5.41) is 12.3. The second-order valence-corrected chi connectivity index (χ2v) is 5.10. The van der Waals surface area contributed by atoms with Crippen LogP contribution in [0.5, 0.6) is 0 Å². The minimum absolute atomic E-state index is 0.0954. The lowest BCUT2D eigenvalue weighted by Gasteiger charge is -2.33. The quantitative estimate of drug-likeness (QED) is 0.635. The van der Waals surface area contributed by atoms with E-state index in [4.69, 9.17) is 0 Å². The lowest BCUT2D eigenvalue weighted by molar-refractivity contribution is -0.781. The van der Waals surface area contributed by atoms with Crippen molar-refractivity contribution in [2.24, 2.45) is 5.92 Å². The summed E-state index contributed by atoms with van der Waals surface area (Å²) in [5.41, 5.74) is 1.08. The maximum absolute atomic E-state index is 12.2. The average molecular weight is 248 g/mol. The third-order valence-electron chi connectivity index (χ3n) is 3.58. The van der Waals surface area contributed by atoms with Gasteiger partial charge >= 0.3 is 0 Å². The van der Waals surface area contributed by atoms with Crippen molar-refractivity contribution in [2.45, 2.75) is 12.8 Å². The summed E-state index contributed by atoms with van der Waals surface area (Å²) in [4.78, 5) is 13.2. The molecule has 98 valence electrons. The molecule has 0 bridgehead atoms. The van der Waals surface area contributed by atoms with Crippen LogP contribution >= 0.6 is 0 Å². The largest absolute Gasteiger partial charge is 0.629 e. The van der Waals surface area contributed by atoms with Crippen LogP contribution in [0.1, 0.15) is 23.2 Å². The molecular weight excluding hydrogens is 228 g/mol. The smallest absolute Gasteiger partial charge is 0.156 e. The van der Waals surface area contributed by atoms with Gasteiger partial charge in [0.2, 0.25) is 0 Å². The molecule has 1 aliphatic rings. The maximum atomic E-state index is 12.2. The molecule has 1 aromatic rings. The van der Waals surface area contributed by atoms with E-state index in [9.17, 15) is 10.0 Å². The molecule has 2 atom stereocenters. The normalized spacial score (nSPS) is 22.7. The monoisotopic (exact) mass is 248 g/mol. The Hall–Kier alpha value is -1.23. The number of benzene rings is 1. The van der Waals surface area contributed by atoms with Gasteiger partial charge in [0.05, 0.1) is 12.1 Å². The second kappa shape index (κ2) is 6.09. The number of aldehydes is 1. The van der Waals surface area contributed by atoms with Crippen LogP contribution < -0.4 is 5.06 Å². The first kappa shape index (κ1) is 13.2. The van der Waals surface area contributed by atoms with Gasteiger partial charge in [-0.1, -0.05) is 12.1 Å². The van der Waals surface area contributed by atoms with E-state index >= 15 is 0 Å². The number of carbonyl (C=O) groups is 1. The van der Waals surface area contributed by atoms with E-state index in [0.29, 0.717) is 23.7 Å². The van der Waals surface area contributed by atoms with E-state index in [1.165, 1.54) is 0 Å². The Labute approximate surface area is 108 Å². The molecule has 0 spiro atoms. The zero-order valence-electron chi connectivity index (χ0n) is 10.8. The Morgan fingerprint density at radius 2 is 2.28 bits per heavy atom. The summed E-state index contributed by atoms with van der Waals surface area (Å²) in [5.74, 6) is 0.427. The Morgan fingerprint density at radius 1 is 1.50 bits per heavy atom. The molecule has 1 saturated heterocycles. The van der Waals surface area contributed by atoms with Gasteiger partial charge in [0, 0.05) is 18.5 Å². The minimum Gasteiger partial charge on any atom is -0.629 e. The van der Waals surface area contributed by atoms with Crippen molar-refractivity contribution in [1.29, 1.82) is 0 Å². The minimum atomic E-state index is 0.0954. The number of para-hydroxylation sites is 1. The number of hydroxylamine groups is 1. The molecule has 1 N–H and O–H groups in total. The summed E-state index contributed by atoms with van der Waals surface area (Å²) >= 11 is 0. The molecule has 0 aliphatic carbocycles. The van der Waals surface area contributed by atoms with Gasteiger partial charge < -0.3 is 15.2 Å². The van der Waals surface area contributed by atoms with Crippen LogP contribution in [0.25, 0.3) is 0 Å². The SMILES string of the molecule is CN1CCCC(C[NH+]([O-])c2ccccc2C=O)C1. The van der Waals surface area contributed by atoms with Crippen molar-refractivity contribution in [3.63, 3.8) is 0 Å². The van der Waals surface area contributed by atoms with Crippen LogP contribution in [0.2, 0.25) is 0 Å². The lowest BCUT2D eigenvalue weighted by Crippen LogP contribution is -3.03. The number of piperidine rings is 1. The topological polar surface area (TPSA) is 47.8 Å². The lowest BCUT2D eigenvalue weighted by atomic mass is 9.98. The van der Waals surface area contributed by atoms with Crippen molar-refractivity contribution in [3.05, 3.63) is 35.0 Å². The van der Waals surface area contributed by atoms with Crippen molar-refractivity contribution < 1.29 is 9.86 Å². The molecule has 1 fully saturated rings. The summed E-state index contributed by atoms with van der Waals surface area (Å²) in [6.07, 6.45) is 3.03. The second-order valence-electron chi connectivity index (χ2n) is 5.10. The molecule has 18 heavy (non-hydrogen) atoms. The number of hydrogen-bond acceptors (Lipinski definition) is 3. The predicted octanol–water partition coefficient (Wildman–Crippen LogP) is 0.855. The first-order valence-electron chi connectivity index (χ1n) is 6.46. The van der Waals surface area contributed by atoms with Gasteiger partial charge in [0.1, 0.15) is 5.69 Å². The van der Waals surface area contributed by atoms with Crippen molar-refractivity contribution in [1.82, 2.24) is 4.90 Å². The Morgan fingerprint density at radius 3 is 3.00 bits per heavy atom. The van der Waals surface area contributed by atoms with Gasteiger partial charge in [0.15, 0.2) is 6.29 Å². The van der Waals surface area contributed by atoms with Gasteiger partial charge in [-0.15, -0.1) is 0 Å². The standard InChI is InChI=1S/C14H20N2O2/c1-15-8-4-5-12(9-15)10-16(18)14-7-3-2-6-13(14)11-17/h2-3,6-7,11-12,16H,4-5,8-10H2,1H3. The molecule has 0 aromatic heterocycles. The number of likely N-dealkylation sites (tertiary alicyclic amines) is 1. The number of rotatable bonds is 4. The zero-order chi connectivity index (χ0) is 13.0. The molecule has 1 aromatic carbocycles. The van der Waals surface area contributed by atoms with Gasteiger partial charge in [-0.05, 0) is 32.5 Å². The molecule has 1 heterocycles. The zero-order valence-corrected chi connectivity index (χ0v) is 10.8. The van der Waals surface area contributed by atoms with Crippen molar-refractivity contribution >= 4 is 12.0 Å². The number of nitrogens with zero attached hydrogens (tertiary/aromatic N) is 1. The van der Waals surface area contributed by atoms with Crippen molar-refractivity contribution in [2.75, 3.05) is 26.7 Å². The van der Waals surface area contributed by atoms with E-state index < -0.39 is 0 Å². The predicted molar refractivity (Wildman–Crippen MR) is 70.9 cm³/mol. The van der Waals surface area contributed by atoms with E-state index in [1.54, 1.807) is 18.2 Å². The summed E-state index contributed by atoms with van der Waals surface area (Å²) in [6, 6.07) is 7.05. The third-order valence-corrected chi connectivity index (χ3v) is 3.58. The molecule has 0 radical (unpaired) electrons. The fourth-order valence-electron chi connectivity index (χ4n) is 2.67. The van der Waals surface area contributed by atoms with E-state index in [0.717, 1.165) is 32.2 Å². The van der Waals surface area contributed by atoms with Gasteiger partial charge in [0.25, 0.3) is 0 Å². The molecule has 4 heteroatoms. The molecule has 0 amide bonds. The molecule has 0 saturated carbocycles. The highest BCUT2D eigenvalue weighted by atomic mass is 16.5. The summed E-state index contributed by atoms with van der Waals surface area (Å²) < 4.78 is 0. The highest BCUT2D eigenvalue weighted by Gasteiger charge is 2.21. The average Bonchev–Trinajstić information content (AvgIpc) is 2.38. The van der Waals surface area contributed by atoms with Crippen LogP contribution in [-0.4, -0.2) is 37.9 Å². The van der Waals surface area contributed by atoms with Crippen LogP contribution in [0.4, 0.5) is 5.69 Å². The van der Waals surface area contributed by atoms with Crippen LogP contribution in [0, 0.1) is 11.1 Å². The fraction of sp³-hybridized carbons (Fsp3) is 0.500. The fourth-order valence-corrected chi connectivity index (χ4v) is 2.67. The number of hydrogen-bond donors (Lipinski definition) is 1. The van der Waals surface area contributed by atoms with E-state index in [-0.39, 0.29) is 5.06 Å². The molecule has 2 unspecified atom stereocenters. The molecular formula is C14H20N2O2. The van der Waals surface area contributed by atoms with Crippen LogP contribution in [-0.2, 0) is 0 Å². The Balaban J connectivity index is 2.02. The molecule has 4 nitrogen and oxygen atoms in total. The molecule has 1 aliphatic heterocycles. The first-order chi connectivity index (χ1) is 8.70. The summed E-state index contributed by atoms with van der Waals surface area (Å²) in [7, 11) is 2.09. The number of quaternary nitrogens is 1. The highest BCUT2D eigenvalue weighted by Crippen LogP contribution is 2.14. The summed E-state index contributed by atoms with van der Waals surface area (Å²) in [6.45, 7) is 2.65. The first-order valence-corrected chi connectivity index (χ1v) is 6.46. The van der Waals surface area contributed by atoms with Crippen LogP contribution in [0.3, 0.4) is 0 Å². The third kappa shape index (κ3) is 3.16. The Kier molecular flexibility index (Phi) is 4.47. The van der Waals surface area contributed by atoms with Gasteiger partial charge in [-0.2, -0.15) is 0 Å². The van der Waals surface area contributed by atoms with Gasteiger partial charge in [-0.25, -0.2) is 0 Å². The van der Waals surface area contributed by atoms with Crippen molar-refractivity contribution in [3.8, 4) is 0 Å². The Bertz CT molecular complexity index is 409. The van der Waals surface area contributed by atoms with E-state index in [1.807, 2.05) is 6.07 Å². The number of carbonyl (C=O) groups excluding carboxylic acids is 1. The maximum Gasteiger partial charge on any atom is 0.156 e. The van der Waals surface area contributed by atoms with Crippen LogP contribution in [0.15, 0.2) is 24.3 Å². The van der Waals surface area contributed by atoms with Gasteiger partial charge in [-0.3, -0.25) is 4.79 Å². The molecule has 2 rings (SSSR count). The highest BCUT2D eigenvalue weighted by molar-refractivity contribution is 5.80. The number of nitrogens with one attached hydrogen (secondary N) is 1.